The van der Waals surface area contributed by atoms with Gasteiger partial charge in [-0.3, -0.25) is 0 Å². The van der Waals surface area contributed by atoms with Crippen molar-refractivity contribution in [3.05, 3.63) is 445 Å². The highest BCUT2D eigenvalue weighted by molar-refractivity contribution is 6.16. The Bertz CT molecular complexity index is 9140. The first kappa shape index (κ1) is 92.3. The molecule has 142 heavy (non-hydrogen) atoms. The average Bonchev–Trinajstić information content (AvgIpc) is 1.61. The van der Waals surface area contributed by atoms with Crippen molar-refractivity contribution in [1.29, 1.82) is 0 Å². The molecule has 0 spiro atoms. The van der Waals surface area contributed by atoms with Crippen LogP contribution in [0.5, 0.6) is 0 Å². The van der Waals surface area contributed by atoms with Crippen molar-refractivity contribution in [2.24, 2.45) is 0 Å². The lowest BCUT2D eigenvalue weighted by Gasteiger charge is -2.25. The minimum absolute atomic E-state index is 0.145. The Kier molecular flexibility index (Phi) is 25.4. The van der Waals surface area contributed by atoms with Crippen LogP contribution in [0.25, 0.3) is 220 Å². The Morgan fingerprint density at radius 1 is 0.169 bits per heavy atom. The minimum Gasteiger partial charge on any atom is -0.456 e. The van der Waals surface area contributed by atoms with Crippen LogP contribution in [0, 0.1) is 0 Å². The lowest BCUT2D eigenvalue weighted by Crippen LogP contribution is -2.15. The average molecular weight is 1850 g/mol. The molecular formula is C136H118O6. The second-order valence-electron chi connectivity index (χ2n) is 40.7. The third-order valence-electron chi connectivity index (χ3n) is 28.1. The first-order valence-electron chi connectivity index (χ1n) is 50.3. The highest BCUT2D eigenvalue weighted by atomic mass is 16.3. The maximum absolute atomic E-state index is 6.34. The molecule has 0 amide bonds. The summed E-state index contributed by atoms with van der Waals surface area (Å²) in [7, 11) is 0. The van der Waals surface area contributed by atoms with Crippen LogP contribution >= 0.6 is 0 Å². The van der Waals surface area contributed by atoms with E-state index in [2.05, 4.69) is 450 Å². The SMILES string of the molecule is CC(C)c1c(-c2ccc3ccccc3c2)ccc2oc3ccccc3c12.CC(C)c1c(C(C)(C)C)ccc2oc3ccccc3c12.CC(C)c1cc(-c2ccc3ccccc3c2)cc2oc3ccccc3c12.CC(C)c1cc(-c2ccccc2)cc2oc3ccccc3c12.CC(C)c1ccc(-c2ccc3ccccc3c2)c2oc3ccccc3c12.CC(C)c1ccc(-c2ccccc2)c2oc3ccccc3c12. The van der Waals surface area contributed by atoms with E-state index in [9.17, 15) is 0 Å². The molecule has 698 valence electrons. The fourth-order valence-electron chi connectivity index (χ4n) is 21.3. The molecule has 26 rings (SSSR count). The molecule has 0 aliphatic carbocycles. The summed E-state index contributed by atoms with van der Waals surface area (Å²) < 4.78 is 37.0. The topological polar surface area (TPSA) is 78.8 Å². The van der Waals surface area contributed by atoms with E-state index in [1.54, 1.807) is 0 Å². The van der Waals surface area contributed by atoms with E-state index < -0.39 is 0 Å². The van der Waals surface area contributed by atoms with Crippen molar-refractivity contribution < 1.29 is 26.5 Å². The lowest BCUT2D eigenvalue weighted by atomic mass is 9.79. The Morgan fingerprint density at radius 2 is 0.465 bits per heavy atom. The van der Waals surface area contributed by atoms with Crippen molar-refractivity contribution >= 4 is 164 Å². The van der Waals surface area contributed by atoms with Crippen molar-refractivity contribution in [3.63, 3.8) is 0 Å². The van der Waals surface area contributed by atoms with E-state index in [4.69, 9.17) is 26.5 Å². The van der Waals surface area contributed by atoms with E-state index in [-0.39, 0.29) is 5.41 Å². The van der Waals surface area contributed by atoms with Gasteiger partial charge in [-0.05, 0) is 236 Å². The molecule has 0 unspecified atom stereocenters. The van der Waals surface area contributed by atoms with Crippen LogP contribution in [-0.4, -0.2) is 0 Å². The summed E-state index contributed by atoms with van der Waals surface area (Å²) in [6, 6.07) is 143. The van der Waals surface area contributed by atoms with Crippen molar-refractivity contribution in [2.75, 3.05) is 0 Å². The van der Waals surface area contributed by atoms with Crippen LogP contribution in [0.1, 0.15) is 178 Å². The van der Waals surface area contributed by atoms with E-state index in [1.807, 2.05) is 60.7 Å². The predicted octanol–water partition coefficient (Wildman–Crippen LogP) is 41.3. The summed E-state index contributed by atoms with van der Waals surface area (Å²) in [6.07, 6.45) is 0. The van der Waals surface area contributed by atoms with Gasteiger partial charge in [0.25, 0.3) is 0 Å². The van der Waals surface area contributed by atoms with Gasteiger partial charge in [-0.2, -0.15) is 0 Å². The maximum atomic E-state index is 6.34. The van der Waals surface area contributed by atoms with Crippen molar-refractivity contribution in [1.82, 2.24) is 0 Å². The van der Waals surface area contributed by atoms with Crippen LogP contribution in [0.3, 0.4) is 0 Å². The molecule has 6 aromatic heterocycles. The molecule has 0 radical (unpaired) electrons. The van der Waals surface area contributed by atoms with Gasteiger partial charge in [-0.15, -0.1) is 0 Å². The molecule has 6 heteroatoms. The van der Waals surface area contributed by atoms with E-state index in [0.717, 1.165) is 78.1 Å². The molecule has 0 aliphatic heterocycles. The van der Waals surface area contributed by atoms with E-state index in [1.165, 1.54) is 180 Å². The molecule has 0 aliphatic rings. The molecular weight excluding hydrogens is 1730 g/mol. The van der Waals surface area contributed by atoms with Crippen LogP contribution in [0.2, 0.25) is 0 Å². The Hall–Kier alpha value is -16.0. The number of furan rings is 6. The smallest absolute Gasteiger partial charge is 0.143 e. The first-order chi connectivity index (χ1) is 69.0. The van der Waals surface area contributed by atoms with Crippen molar-refractivity contribution in [3.8, 4) is 55.6 Å². The number of hydrogen-bond acceptors (Lipinski definition) is 6. The molecule has 6 heterocycles. The fourth-order valence-corrected chi connectivity index (χ4v) is 21.3. The fraction of sp³-hybridized carbons (Fsp3) is 0.162. The van der Waals surface area contributed by atoms with E-state index >= 15 is 0 Å². The molecule has 6 nitrogen and oxygen atoms in total. The van der Waals surface area contributed by atoms with Gasteiger partial charge in [0.1, 0.15) is 67.0 Å². The summed E-state index contributed by atoms with van der Waals surface area (Å²) in [4.78, 5) is 0. The second-order valence-corrected chi connectivity index (χ2v) is 40.7. The van der Waals surface area contributed by atoms with Gasteiger partial charge < -0.3 is 26.5 Å². The molecule has 0 atom stereocenters. The van der Waals surface area contributed by atoms with Gasteiger partial charge in [-0.1, -0.05) is 431 Å². The quantitative estimate of drug-likeness (QED) is 0.128. The molecule has 26 aromatic rings. The van der Waals surface area contributed by atoms with Gasteiger partial charge in [0.15, 0.2) is 0 Å². The zero-order valence-corrected chi connectivity index (χ0v) is 83.6. The van der Waals surface area contributed by atoms with Gasteiger partial charge in [0.2, 0.25) is 0 Å². The van der Waals surface area contributed by atoms with Crippen molar-refractivity contribution in [2.45, 2.75) is 145 Å². The standard InChI is InChI=1S/3C25H20O.2C21H18O.C19H22O/c1-16(2)22-14-20(19-12-11-17-7-3-4-8-18(17)13-19)15-24-25(22)21-9-5-6-10-23(21)26-24;1-16(2)24-20(19-12-11-17-7-3-4-8-18(17)15-19)13-14-23-25(24)21-9-5-6-10-22(21)26-23;1-16(2)20-13-14-21(19-12-11-17-7-3-4-8-18(17)15-19)25-24(20)22-9-5-6-10-23(22)26-25;1-14(2)18-12-16(15-8-4-3-5-9-15)13-20-21(18)17-10-6-7-11-19(17)22-20;1-14(2)16-12-13-17(15-8-4-3-5-9-15)21-20(16)18-10-6-7-11-19(18)22-21;1-12(2)17-14(19(3,4)5)10-11-16-18(17)13-8-6-7-9-15(13)20-16/h3*3-16H,1-2H3;2*3-14H,1-2H3;6-12H,1-5H3. The minimum atomic E-state index is 0.145. The van der Waals surface area contributed by atoms with Gasteiger partial charge in [-0.25, -0.2) is 0 Å². The number of benzene rings is 20. The maximum Gasteiger partial charge on any atom is 0.143 e. The van der Waals surface area contributed by atoms with Crippen LogP contribution < -0.4 is 0 Å². The van der Waals surface area contributed by atoms with Crippen LogP contribution in [-0.2, 0) is 5.41 Å². The molecule has 0 saturated carbocycles. The zero-order valence-electron chi connectivity index (χ0n) is 83.6. The number of para-hydroxylation sites is 6. The molecule has 0 bridgehead atoms. The predicted molar refractivity (Wildman–Crippen MR) is 605 cm³/mol. The Morgan fingerprint density at radius 3 is 0.859 bits per heavy atom. The molecule has 0 fully saturated rings. The number of rotatable bonds is 11. The first-order valence-corrected chi connectivity index (χ1v) is 50.3. The van der Waals surface area contributed by atoms with Gasteiger partial charge >= 0.3 is 0 Å². The Balaban J connectivity index is 0.000000101. The second kappa shape index (κ2) is 39.0. The summed E-state index contributed by atoms with van der Waals surface area (Å²) in [5, 5.41) is 22.4. The summed E-state index contributed by atoms with van der Waals surface area (Å²) in [5.41, 5.74) is 33.6. The molecule has 20 aromatic carbocycles. The van der Waals surface area contributed by atoms with Crippen LogP contribution in [0.4, 0.5) is 0 Å². The van der Waals surface area contributed by atoms with Gasteiger partial charge in [0.05, 0.1) is 0 Å². The number of hydrogen-bond donors (Lipinski definition) is 0. The monoisotopic (exact) mass is 1850 g/mol. The summed E-state index contributed by atoms with van der Waals surface area (Å²) in [6.45, 7) is 33.8. The van der Waals surface area contributed by atoms with Crippen LogP contribution in [0.15, 0.2) is 433 Å². The third-order valence-corrected chi connectivity index (χ3v) is 28.1. The van der Waals surface area contributed by atoms with Gasteiger partial charge in [0, 0.05) is 75.8 Å². The molecule has 0 saturated heterocycles. The zero-order chi connectivity index (χ0) is 97.7. The third kappa shape index (κ3) is 17.9. The Labute approximate surface area is 830 Å². The molecule has 0 N–H and O–H groups in total. The highest BCUT2D eigenvalue weighted by Gasteiger charge is 2.27. The number of fused-ring (bicyclic) bond motifs is 21. The largest absolute Gasteiger partial charge is 0.456 e. The normalized spacial score (nSPS) is 11.9. The summed E-state index contributed by atoms with van der Waals surface area (Å²) in [5.74, 6) is 2.68. The lowest BCUT2D eigenvalue weighted by molar-refractivity contribution is 0.578. The highest BCUT2D eigenvalue weighted by Crippen LogP contribution is 2.49. The van der Waals surface area contributed by atoms with E-state index in [0.29, 0.717) is 35.5 Å². The summed E-state index contributed by atoms with van der Waals surface area (Å²) >= 11 is 0.